The van der Waals surface area contributed by atoms with Gasteiger partial charge < -0.3 is 37.9 Å². The molecule has 73 heavy (non-hydrogen) atoms. The number of nitrogens with zero attached hydrogens (tertiary/aromatic N) is 8. The number of hydrogen-bond acceptors (Lipinski definition) is 15. The number of amidine groups is 4. The van der Waals surface area contributed by atoms with E-state index in [4.69, 9.17) is 72.8 Å². The van der Waals surface area contributed by atoms with E-state index in [1.165, 1.54) is 9.46 Å². The highest BCUT2D eigenvalue weighted by atomic mass is 16.8. The van der Waals surface area contributed by atoms with Crippen LogP contribution in [0.2, 0.25) is 0 Å². The molecule has 0 saturated heterocycles. The number of benzene rings is 8. The molecular weight excluding hydrogens is 929 g/mol. The van der Waals surface area contributed by atoms with Crippen LogP contribution in [0.1, 0.15) is 22.3 Å². The molecule has 4 aliphatic rings. The molecule has 0 amide bonds. The Balaban J connectivity index is 1.31. The summed E-state index contributed by atoms with van der Waals surface area (Å²) >= 11 is 0. The number of aromatic nitrogens is 2. The minimum absolute atomic E-state index is 0.224. The van der Waals surface area contributed by atoms with Gasteiger partial charge in [-0.05, 0) is 0 Å². The third kappa shape index (κ3) is 5.34. The summed E-state index contributed by atoms with van der Waals surface area (Å²) in [6.07, 6.45) is 0. The summed E-state index contributed by atoms with van der Waals surface area (Å²) in [6.45, 7) is 0. The topological polar surface area (TPSA) is 167 Å². The van der Waals surface area contributed by atoms with Crippen molar-refractivity contribution in [1.82, 2.24) is 9.46 Å². The summed E-state index contributed by atoms with van der Waals surface area (Å²) in [5, 5.41) is 8.03. The van der Waals surface area contributed by atoms with Crippen LogP contribution >= 0.6 is 0 Å². The molecule has 0 atom stereocenters. The quantitative estimate of drug-likeness (QED) is 0.144. The molecule has 6 heterocycles. The summed E-state index contributed by atoms with van der Waals surface area (Å²) < 4.78 is 54.3. The van der Waals surface area contributed by atoms with Crippen molar-refractivity contribution >= 4 is 99.6 Å². The number of aliphatic imine (C=N–C) groups is 4. The lowest BCUT2D eigenvalue weighted by Gasteiger charge is -2.16. The Hall–Kier alpha value is -9.64. The fourth-order valence-electron chi connectivity index (χ4n) is 11.3. The molecule has 10 aromatic rings. The smallest absolute Gasteiger partial charge is 0.187 e. The molecule has 4 aliphatic heterocycles. The maximum atomic E-state index is 7.48. The van der Waals surface area contributed by atoms with E-state index in [9.17, 15) is 0 Å². The lowest BCUT2D eigenvalue weighted by Crippen LogP contribution is -2.37. The van der Waals surface area contributed by atoms with Crippen LogP contribution < -0.4 is 53.8 Å². The highest BCUT2D eigenvalue weighted by Gasteiger charge is 2.40. The third-order valence-corrected chi connectivity index (χ3v) is 14.1. The molecule has 0 unspecified atom stereocenters. The molecule has 14 rings (SSSR count). The van der Waals surface area contributed by atoms with Crippen molar-refractivity contribution in [2.75, 3.05) is 56.9 Å². The molecule has 0 fully saturated rings. The van der Waals surface area contributed by atoms with Crippen LogP contribution in [0.25, 0.3) is 64.6 Å². The molecule has 0 aliphatic carbocycles. The molecule has 8 aromatic carbocycles. The van der Waals surface area contributed by atoms with Gasteiger partial charge in [0.1, 0.15) is 46.0 Å². The maximum Gasteiger partial charge on any atom is 0.187 e. The van der Waals surface area contributed by atoms with Gasteiger partial charge in [-0.3, -0.25) is 4.94 Å². The van der Waals surface area contributed by atoms with Crippen molar-refractivity contribution < 1.29 is 42.8 Å². The van der Waals surface area contributed by atoms with E-state index < -0.39 is 0 Å². The highest BCUT2D eigenvalue weighted by Crippen LogP contribution is 2.54. The first-order valence-electron chi connectivity index (χ1n) is 23.2. The summed E-state index contributed by atoms with van der Waals surface area (Å²) in [5.74, 6) is 5.33. The second kappa shape index (κ2) is 15.4. The van der Waals surface area contributed by atoms with Gasteiger partial charge >= 0.3 is 0 Å². The van der Waals surface area contributed by atoms with Gasteiger partial charge in [-0.2, -0.15) is 0 Å². The zero-order valence-corrected chi connectivity index (χ0v) is 40.5. The second-order valence-electron chi connectivity index (χ2n) is 17.4. The van der Waals surface area contributed by atoms with Crippen molar-refractivity contribution in [2.45, 2.75) is 0 Å². The van der Waals surface area contributed by atoms with Crippen LogP contribution in [0.4, 0.5) is 11.6 Å². The lowest BCUT2D eigenvalue weighted by molar-refractivity contribution is 0.0301. The monoisotopic (exact) mass is 968 g/mol. The van der Waals surface area contributed by atoms with Crippen LogP contribution in [-0.2, 0) is 0 Å². The van der Waals surface area contributed by atoms with Crippen molar-refractivity contribution in [2.24, 2.45) is 30.0 Å². The average Bonchev–Trinajstić information content (AvgIpc) is 4.13. The summed E-state index contributed by atoms with van der Waals surface area (Å²) in [5.41, 5.74) is 2.59. The molecule has 2 aromatic heterocycles. The maximum absolute atomic E-state index is 7.48. The summed E-state index contributed by atoms with van der Waals surface area (Å²) in [7, 11) is 13.0. The van der Waals surface area contributed by atoms with Gasteiger partial charge in [0.2, 0.25) is 0 Å². The fourth-order valence-corrected chi connectivity index (χ4v) is 11.3. The van der Waals surface area contributed by atoms with Crippen LogP contribution in [0.3, 0.4) is 0 Å². The lowest BCUT2D eigenvalue weighted by atomic mass is 9.97. The van der Waals surface area contributed by atoms with Gasteiger partial charge in [0.05, 0.1) is 101 Å². The molecule has 0 saturated carbocycles. The SMILES string of the molecule is COc1c2c(c(OC)c3ccccc13)C1=Nc3c4c(OC)c5ccccc5c(OC)c4c4n3On3c(c5c(OC)c6ccccc6c(OC)c5c3=NC3=NC(=N4)c4c3c(OC)c3ccccc3c4OC)=NC2=N1. The second-order valence-corrected chi connectivity index (χ2v) is 17.4. The number of methoxy groups -OCH3 is 8. The van der Waals surface area contributed by atoms with Crippen LogP contribution in [-0.4, -0.2) is 89.7 Å². The average molecular weight is 969 g/mol. The van der Waals surface area contributed by atoms with E-state index >= 15 is 0 Å². The predicted molar refractivity (Wildman–Crippen MR) is 279 cm³/mol. The zero-order valence-electron chi connectivity index (χ0n) is 40.5. The normalized spacial score (nSPS) is 13.9. The first-order chi connectivity index (χ1) is 35.9. The summed E-state index contributed by atoms with van der Waals surface area (Å²) in [4.78, 5) is 40.3. The van der Waals surface area contributed by atoms with Crippen LogP contribution in [0, 0.1) is 0 Å². The van der Waals surface area contributed by atoms with Gasteiger partial charge in [0, 0.05) is 43.1 Å². The summed E-state index contributed by atoms with van der Waals surface area (Å²) in [6, 6.07) is 31.3. The van der Waals surface area contributed by atoms with E-state index in [0.717, 1.165) is 43.1 Å². The Labute approximate surface area is 413 Å². The molecule has 17 nitrogen and oxygen atoms in total. The van der Waals surface area contributed by atoms with E-state index in [2.05, 4.69) is 0 Å². The van der Waals surface area contributed by atoms with Crippen molar-refractivity contribution in [3.63, 3.8) is 0 Å². The first-order valence-corrected chi connectivity index (χ1v) is 23.2. The Morgan fingerprint density at radius 1 is 0.288 bits per heavy atom. The van der Waals surface area contributed by atoms with Crippen molar-refractivity contribution in [1.29, 1.82) is 0 Å². The van der Waals surface area contributed by atoms with Gasteiger partial charge in [0.25, 0.3) is 0 Å². The largest absolute Gasteiger partial charge is 0.495 e. The highest BCUT2D eigenvalue weighted by molar-refractivity contribution is 6.31. The number of hydrogen-bond donors (Lipinski definition) is 0. The van der Waals surface area contributed by atoms with Gasteiger partial charge in [0.15, 0.2) is 46.0 Å². The standard InChI is InChI=1S/C56H40N8O9/c1-65-41-25-17-9-10-18-26(25)42(66-2)34-33(41)49-57-50(34)60-54-39-40(48(72-8)32-24-16-15-23-31(32)47(39)71-7)56-62-52-36-35(43(67-3)27-19-11-12-20-28(27)44(36)68-4)51(58-52)61-55-38-37(53(59-49)63(55)73-64(54)56)45(69-5)29-21-13-14-22-30(29)46(38)70-6/h9-24H,1-8H3. The van der Waals surface area contributed by atoms with Crippen LogP contribution in [0.15, 0.2) is 127 Å². The Bertz CT molecular complexity index is 4200. The zero-order chi connectivity index (χ0) is 49.6. The van der Waals surface area contributed by atoms with E-state index in [0.29, 0.717) is 89.8 Å². The first kappa shape index (κ1) is 42.3. The molecule has 0 radical (unpaired) electrons. The fraction of sp³-hybridized carbons (Fsp3) is 0.143. The Morgan fingerprint density at radius 2 is 0.534 bits per heavy atom. The van der Waals surface area contributed by atoms with Crippen molar-refractivity contribution in [3.05, 3.63) is 130 Å². The predicted octanol–water partition coefficient (Wildman–Crippen LogP) is 9.11. The minimum atomic E-state index is 0.224. The van der Waals surface area contributed by atoms with E-state index in [-0.39, 0.29) is 46.0 Å². The molecule has 17 heteroatoms. The van der Waals surface area contributed by atoms with Crippen LogP contribution in [0.5, 0.6) is 46.0 Å². The number of rotatable bonds is 8. The van der Waals surface area contributed by atoms with Crippen molar-refractivity contribution in [3.8, 4) is 46.0 Å². The molecule has 6 bridgehead atoms. The minimum Gasteiger partial charge on any atom is -0.495 e. The van der Waals surface area contributed by atoms with Gasteiger partial charge in [-0.15, -0.1) is 9.46 Å². The third-order valence-electron chi connectivity index (χ3n) is 14.1. The van der Waals surface area contributed by atoms with Gasteiger partial charge in [-0.25, -0.2) is 30.0 Å². The molecule has 358 valence electrons. The van der Waals surface area contributed by atoms with E-state index in [1.807, 2.05) is 97.1 Å². The van der Waals surface area contributed by atoms with E-state index in [1.54, 1.807) is 56.9 Å². The number of ether oxygens (including phenoxy) is 8. The van der Waals surface area contributed by atoms with Gasteiger partial charge in [-0.1, -0.05) is 97.1 Å². The number of fused-ring (bicyclic) bond motifs is 18. The Kier molecular flexibility index (Phi) is 8.93. The molecule has 0 N–H and O–H groups in total. The molecular formula is C56H40N8O9. The Morgan fingerprint density at radius 3 is 0.808 bits per heavy atom. The molecule has 0 spiro atoms.